The SMILES string of the molecule is C[C@@H]1CN([C@@H](C)CO)C(=O)c2cccc(NS(=O)(=O)c3ccc(Cl)cc3)c2O[C@@H]1CN(C)CC1CC1. The fourth-order valence-corrected chi connectivity index (χ4v) is 5.67. The number of sulfonamides is 1. The number of halogens is 1. The van der Waals surface area contributed by atoms with E-state index >= 15 is 0 Å². The molecule has 0 spiro atoms. The molecule has 1 aliphatic heterocycles. The molecule has 8 nitrogen and oxygen atoms in total. The lowest BCUT2D eigenvalue weighted by atomic mass is 9.99. The highest BCUT2D eigenvalue weighted by molar-refractivity contribution is 7.92. The topological polar surface area (TPSA) is 99.2 Å². The third-order valence-electron chi connectivity index (χ3n) is 6.82. The number of hydrogen-bond acceptors (Lipinski definition) is 6. The summed E-state index contributed by atoms with van der Waals surface area (Å²) < 4.78 is 35.4. The molecule has 2 N–H and O–H groups in total. The number of ether oxygens (including phenoxy) is 1. The Bertz CT molecular complexity index is 1190. The van der Waals surface area contributed by atoms with Crippen LogP contribution in [-0.2, 0) is 10.0 Å². The Labute approximate surface area is 218 Å². The van der Waals surface area contributed by atoms with Gasteiger partial charge in [-0.1, -0.05) is 24.6 Å². The Balaban J connectivity index is 1.72. The summed E-state index contributed by atoms with van der Waals surface area (Å²) in [5.41, 5.74) is 0.449. The number of carbonyl (C=O) groups excluding carboxylic acids is 1. The maximum atomic E-state index is 13.6. The molecule has 1 fully saturated rings. The fraction of sp³-hybridized carbons (Fsp3) is 0.500. The fourth-order valence-electron chi connectivity index (χ4n) is 4.48. The Kier molecular flexibility index (Phi) is 8.14. The molecule has 2 aromatic carbocycles. The number of rotatable bonds is 9. The van der Waals surface area contributed by atoms with Crippen molar-refractivity contribution in [3.8, 4) is 5.75 Å². The van der Waals surface area contributed by atoms with Gasteiger partial charge in [-0.15, -0.1) is 0 Å². The average molecular weight is 536 g/mol. The van der Waals surface area contributed by atoms with E-state index in [0.29, 0.717) is 24.0 Å². The summed E-state index contributed by atoms with van der Waals surface area (Å²) in [6, 6.07) is 10.3. The third kappa shape index (κ3) is 6.14. The highest BCUT2D eigenvalue weighted by Gasteiger charge is 2.35. The van der Waals surface area contributed by atoms with Crippen molar-refractivity contribution in [1.29, 1.82) is 0 Å². The first-order valence-electron chi connectivity index (χ1n) is 12.3. The number of aliphatic hydroxyl groups excluding tert-OH is 1. The molecule has 0 aromatic heterocycles. The van der Waals surface area contributed by atoms with Gasteiger partial charge in [0.05, 0.1) is 28.8 Å². The maximum absolute atomic E-state index is 13.6. The predicted molar refractivity (Wildman–Crippen MR) is 140 cm³/mol. The molecule has 2 aromatic rings. The zero-order valence-corrected chi connectivity index (χ0v) is 22.4. The third-order valence-corrected chi connectivity index (χ3v) is 8.45. The number of likely N-dealkylation sites (N-methyl/N-ethyl adjacent to an activating group) is 1. The van der Waals surface area contributed by atoms with E-state index in [-0.39, 0.29) is 46.4 Å². The van der Waals surface area contributed by atoms with E-state index < -0.39 is 16.1 Å². The lowest BCUT2D eigenvalue weighted by Gasteiger charge is -2.38. The number of para-hydroxylation sites is 1. The minimum absolute atomic E-state index is 0.0475. The van der Waals surface area contributed by atoms with Crippen LogP contribution in [0.15, 0.2) is 47.4 Å². The number of nitrogens with zero attached hydrogens (tertiary/aromatic N) is 2. The van der Waals surface area contributed by atoms with Crippen LogP contribution in [0, 0.1) is 11.8 Å². The van der Waals surface area contributed by atoms with Crippen molar-refractivity contribution in [3.05, 3.63) is 53.1 Å². The van der Waals surface area contributed by atoms with Crippen molar-refractivity contribution in [3.63, 3.8) is 0 Å². The average Bonchev–Trinajstić information content (AvgIpc) is 3.65. The van der Waals surface area contributed by atoms with Gasteiger partial charge in [0.15, 0.2) is 5.75 Å². The van der Waals surface area contributed by atoms with Gasteiger partial charge in [0.25, 0.3) is 15.9 Å². The van der Waals surface area contributed by atoms with E-state index in [1.165, 1.54) is 37.1 Å². The molecular formula is C26H34ClN3O5S. The van der Waals surface area contributed by atoms with Gasteiger partial charge >= 0.3 is 0 Å². The van der Waals surface area contributed by atoms with E-state index in [1.807, 2.05) is 6.92 Å². The first-order chi connectivity index (χ1) is 17.1. The van der Waals surface area contributed by atoms with Gasteiger partial charge < -0.3 is 19.6 Å². The molecule has 1 saturated carbocycles. The maximum Gasteiger partial charge on any atom is 0.262 e. The zero-order chi connectivity index (χ0) is 26.0. The molecule has 1 aliphatic carbocycles. The number of fused-ring (bicyclic) bond motifs is 1. The van der Waals surface area contributed by atoms with Crippen LogP contribution < -0.4 is 9.46 Å². The van der Waals surface area contributed by atoms with Crippen molar-refractivity contribution in [1.82, 2.24) is 9.80 Å². The van der Waals surface area contributed by atoms with Crippen LogP contribution in [0.5, 0.6) is 5.75 Å². The molecule has 10 heteroatoms. The summed E-state index contributed by atoms with van der Waals surface area (Å²) in [6.45, 7) is 5.66. The van der Waals surface area contributed by atoms with Crippen LogP contribution in [0.2, 0.25) is 5.02 Å². The quantitative estimate of drug-likeness (QED) is 0.508. The number of hydrogen-bond donors (Lipinski definition) is 2. The Morgan fingerprint density at radius 1 is 1.19 bits per heavy atom. The highest BCUT2D eigenvalue weighted by Crippen LogP contribution is 2.36. The summed E-state index contributed by atoms with van der Waals surface area (Å²) in [6.07, 6.45) is 2.18. The van der Waals surface area contributed by atoms with Crippen molar-refractivity contribution in [2.75, 3.05) is 38.0 Å². The van der Waals surface area contributed by atoms with Crippen molar-refractivity contribution in [2.24, 2.45) is 11.8 Å². The van der Waals surface area contributed by atoms with Crippen LogP contribution in [-0.4, -0.2) is 74.7 Å². The first kappa shape index (κ1) is 26.7. The van der Waals surface area contributed by atoms with Crippen molar-refractivity contribution < 1.29 is 23.1 Å². The Hall–Kier alpha value is -2.33. The Morgan fingerprint density at radius 3 is 2.53 bits per heavy atom. The van der Waals surface area contributed by atoms with Gasteiger partial charge in [0.1, 0.15) is 6.10 Å². The van der Waals surface area contributed by atoms with E-state index in [4.69, 9.17) is 16.3 Å². The summed E-state index contributed by atoms with van der Waals surface area (Å²) in [5, 5.41) is 10.3. The molecule has 4 rings (SSSR count). The van der Waals surface area contributed by atoms with Gasteiger partial charge in [0, 0.05) is 30.6 Å². The smallest absolute Gasteiger partial charge is 0.262 e. The molecule has 196 valence electrons. The summed E-state index contributed by atoms with van der Waals surface area (Å²) in [4.78, 5) is 17.5. The minimum atomic E-state index is -3.96. The van der Waals surface area contributed by atoms with Crippen molar-refractivity contribution >= 4 is 33.2 Å². The lowest BCUT2D eigenvalue weighted by molar-refractivity contribution is 0.0346. The number of benzene rings is 2. The second kappa shape index (κ2) is 11.0. The summed E-state index contributed by atoms with van der Waals surface area (Å²) >= 11 is 5.92. The molecule has 36 heavy (non-hydrogen) atoms. The van der Waals surface area contributed by atoms with Crippen LogP contribution in [0.4, 0.5) is 5.69 Å². The molecular weight excluding hydrogens is 502 g/mol. The largest absolute Gasteiger partial charge is 0.486 e. The summed E-state index contributed by atoms with van der Waals surface area (Å²) in [5.74, 6) is 0.543. The minimum Gasteiger partial charge on any atom is -0.486 e. The normalized spacial score (nSPS) is 21.4. The number of anilines is 1. The highest BCUT2D eigenvalue weighted by atomic mass is 35.5. The summed E-state index contributed by atoms with van der Waals surface area (Å²) in [7, 11) is -1.90. The van der Waals surface area contributed by atoms with E-state index in [1.54, 1.807) is 30.0 Å². The number of nitrogens with one attached hydrogen (secondary N) is 1. The first-order valence-corrected chi connectivity index (χ1v) is 14.1. The van der Waals surface area contributed by atoms with Gasteiger partial charge in [-0.3, -0.25) is 9.52 Å². The molecule has 0 bridgehead atoms. The monoisotopic (exact) mass is 535 g/mol. The van der Waals surface area contributed by atoms with Crippen molar-refractivity contribution in [2.45, 2.75) is 43.7 Å². The molecule has 0 radical (unpaired) electrons. The predicted octanol–water partition coefficient (Wildman–Crippen LogP) is 3.70. The van der Waals surface area contributed by atoms with E-state index in [0.717, 1.165) is 6.54 Å². The van der Waals surface area contributed by atoms with Gasteiger partial charge in [-0.05, 0) is 69.1 Å². The molecule has 0 saturated heterocycles. The van der Waals surface area contributed by atoms with Gasteiger partial charge in [-0.25, -0.2) is 8.42 Å². The Morgan fingerprint density at radius 2 is 1.89 bits per heavy atom. The standard InChI is InChI=1S/C26H34ClN3O5S/c1-17-13-30(18(2)16-31)26(32)22-5-4-6-23(28-36(33,34)21-11-9-20(27)10-12-21)25(22)35-24(17)15-29(3)14-19-7-8-19/h4-6,9-12,17-19,24,28,31H,7-8,13-16H2,1-3H3/t17-,18+,24-/m1/s1. The molecule has 1 heterocycles. The zero-order valence-electron chi connectivity index (χ0n) is 20.9. The van der Waals surface area contributed by atoms with Crippen LogP contribution in [0.3, 0.4) is 0 Å². The molecule has 0 unspecified atom stereocenters. The van der Waals surface area contributed by atoms with Crippen LogP contribution in [0.1, 0.15) is 37.0 Å². The van der Waals surface area contributed by atoms with Gasteiger partial charge in [0.2, 0.25) is 0 Å². The van der Waals surface area contributed by atoms with Crippen LogP contribution in [0.25, 0.3) is 0 Å². The van der Waals surface area contributed by atoms with Crippen LogP contribution >= 0.6 is 11.6 Å². The number of amides is 1. The molecule has 3 atom stereocenters. The number of aliphatic hydroxyl groups is 1. The number of carbonyl (C=O) groups is 1. The second-order valence-corrected chi connectivity index (χ2v) is 12.1. The molecule has 1 amide bonds. The van der Waals surface area contributed by atoms with Gasteiger partial charge in [-0.2, -0.15) is 0 Å². The lowest BCUT2D eigenvalue weighted by Crippen LogP contribution is -2.50. The van der Waals surface area contributed by atoms with E-state index in [2.05, 4.69) is 16.7 Å². The van der Waals surface area contributed by atoms with E-state index in [9.17, 15) is 18.3 Å². The second-order valence-electron chi connectivity index (χ2n) is 10.0. The molecule has 2 aliphatic rings.